The Morgan fingerprint density at radius 3 is 2.75 bits per heavy atom. The maximum absolute atomic E-state index is 4.78. The SMILES string of the molecule is CN1CCC(N(C)c2ccc3nc(-c4n[nH]c5ccc(Br)cc45)[nH]c3c2)CC1. The van der Waals surface area contributed by atoms with Crippen LogP contribution >= 0.6 is 15.9 Å². The average Bonchev–Trinajstić information content (AvgIpc) is 3.30. The third kappa shape index (κ3) is 3.08. The number of hydrogen-bond donors (Lipinski definition) is 2. The largest absolute Gasteiger partial charge is 0.371 e. The number of imidazole rings is 1. The molecule has 1 aliphatic heterocycles. The standard InChI is InChI=1S/C21H23BrN6/c1-27-9-7-14(8-10-27)28(2)15-4-6-18-19(12-15)24-21(23-18)20-16-11-13(22)3-5-17(16)25-26-20/h3-6,11-12,14H,7-10H2,1-2H3,(H,23,24)(H,25,26). The molecule has 0 amide bonds. The van der Waals surface area contributed by atoms with Gasteiger partial charge in [0.1, 0.15) is 5.69 Å². The molecule has 0 spiro atoms. The van der Waals surface area contributed by atoms with E-state index in [2.05, 4.69) is 79.3 Å². The van der Waals surface area contributed by atoms with Gasteiger partial charge in [0.2, 0.25) is 0 Å². The van der Waals surface area contributed by atoms with Crippen molar-refractivity contribution in [1.82, 2.24) is 25.1 Å². The van der Waals surface area contributed by atoms with Crippen LogP contribution in [0.3, 0.4) is 0 Å². The van der Waals surface area contributed by atoms with Gasteiger partial charge in [-0.15, -0.1) is 0 Å². The number of benzene rings is 2. The van der Waals surface area contributed by atoms with Crippen LogP contribution in [0.1, 0.15) is 12.8 Å². The number of nitrogens with one attached hydrogen (secondary N) is 2. The van der Waals surface area contributed by atoms with Crippen LogP contribution in [0.4, 0.5) is 5.69 Å². The van der Waals surface area contributed by atoms with Gasteiger partial charge in [0.15, 0.2) is 5.82 Å². The predicted octanol–water partition coefficient (Wildman–Crippen LogP) is 4.40. The first-order valence-electron chi connectivity index (χ1n) is 9.63. The summed E-state index contributed by atoms with van der Waals surface area (Å²) in [7, 11) is 4.40. The van der Waals surface area contributed by atoms with Crippen molar-refractivity contribution in [3.63, 3.8) is 0 Å². The molecule has 0 bridgehead atoms. The van der Waals surface area contributed by atoms with Crippen LogP contribution < -0.4 is 4.90 Å². The van der Waals surface area contributed by atoms with Gasteiger partial charge >= 0.3 is 0 Å². The van der Waals surface area contributed by atoms with Crippen LogP contribution in [-0.2, 0) is 0 Å². The summed E-state index contributed by atoms with van der Waals surface area (Å²) in [5, 5.41) is 8.63. The van der Waals surface area contributed by atoms with Crippen molar-refractivity contribution in [2.45, 2.75) is 18.9 Å². The smallest absolute Gasteiger partial charge is 0.159 e. The molecule has 1 saturated heterocycles. The number of H-pyrrole nitrogens is 2. The Kier molecular flexibility index (Phi) is 4.36. The van der Waals surface area contributed by atoms with Gasteiger partial charge in [-0.1, -0.05) is 15.9 Å². The molecule has 0 aliphatic carbocycles. The Hall–Kier alpha value is -2.38. The number of hydrogen-bond acceptors (Lipinski definition) is 4. The van der Waals surface area contributed by atoms with E-state index in [0.29, 0.717) is 6.04 Å². The summed E-state index contributed by atoms with van der Waals surface area (Å²) in [4.78, 5) is 13.1. The predicted molar refractivity (Wildman–Crippen MR) is 118 cm³/mol. The molecule has 1 aliphatic rings. The zero-order chi connectivity index (χ0) is 19.3. The van der Waals surface area contributed by atoms with Crippen LogP contribution in [0, 0.1) is 0 Å². The van der Waals surface area contributed by atoms with Gasteiger partial charge in [0.25, 0.3) is 0 Å². The molecule has 0 saturated carbocycles. The van der Waals surface area contributed by atoms with Crippen LogP contribution in [0.25, 0.3) is 33.5 Å². The van der Waals surface area contributed by atoms with E-state index in [4.69, 9.17) is 4.98 Å². The molecule has 2 aromatic carbocycles. The molecule has 1 fully saturated rings. The minimum atomic E-state index is 0.587. The average molecular weight is 439 g/mol. The van der Waals surface area contributed by atoms with Gasteiger partial charge in [0.05, 0.1) is 16.6 Å². The molecule has 28 heavy (non-hydrogen) atoms. The second-order valence-electron chi connectivity index (χ2n) is 7.69. The van der Waals surface area contributed by atoms with Crippen molar-refractivity contribution in [2.24, 2.45) is 0 Å². The van der Waals surface area contributed by atoms with Gasteiger partial charge in [-0.3, -0.25) is 5.10 Å². The number of likely N-dealkylation sites (tertiary alicyclic amines) is 1. The molecule has 2 N–H and O–H groups in total. The highest BCUT2D eigenvalue weighted by molar-refractivity contribution is 9.10. The number of fused-ring (bicyclic) bond motifs is 2. The second kappa shape index (κ2) is 6.90. The van der Waals surface area contributed by atoms with E-state index in [9.17, 15) is 0 Å². The fraction of sp³-hybridized carbons (Fsp3) is 0.333. The summed E-state index contributed by atoms with van der Waals surface area (Å²) in [5.41, 5.74) is 5.08. The summed E-state index contributed by atoms with van der Waals surface area (Å²) in [6.07, 6.45) is 2.40. The zero-order valence-corrected chi connectivity index (χ0v) is 17.6. The van der Waals surface area contributed by atoms with E-state index in [1.807, 2.05) is 12.1 Å². The Morgan fingerprint density at radius 2 is 1.93 bits per heavy atom. The third-order valence-electron chi connectivity index (χ3n) is 5.86. The number of aromatic nitrogens is 4. The van der Waals surface area contributed by atoms with E-state index in [1.165, 1.54) is 18.5 Å². The fourth-order valence-corrected chi connectivity index (χ4v) is 4.45. The van der Waals surface area contributed by atoms with Crippen molar-refractivity contribution in [2.75, 3.05) is 32.1 Å². The van der Waals surface area contributed by atoms with Crippen molar-refractivity contribution < 1.29 is 0 Å². The minimum Gasteiger partial charge on any atom is -0.371 e. The number of aromatic amines is 2. The Bertz CT molecular complexity index is 1140. The minimum absolute atomic E-state index is 0.587. The van der Waals surface area contributed by atoms with E-state index < -0.39 is 0 Å². The summed E-state index contributed by atoms with van der Waals surface area (Å²) in [6.45, 7) is 2.32. The van der Waals surface area contributed by atoms with Gasteiger partial charge in [-0.05, 0) is 69.4 Å². The fourth-order valence-electron chi connectivity index (χ4n) is 4.09. The van der Waals surface area contributed by atoms with E-state index >= 15 is 0 Å². The highest BCUT2D eigenvalue weighted by Gasteiger charge is 2.21. The molecule has 0 radical (unpaired) electrons. The number of rotatable bonds is 3. The monoisotopic (exact) mass is 438 g/mol. The quantitative estimate of drug-likeness (QED) is 0.497. The molecule has 6 nitrogen and oxygen atoms in total. The van der Waals surface area contributed by atoms with Crippen LogP contribution in [-0.4, -0.2) is 58.3 Å². The molecule has 2 aromatic heterocycles. The van der Waals surface area contributed by atoms with Gasteiger partial charge < -0.3 is 14.8 Å². The normalized spacial score (nSPS) is 16.2. The Labute approximate surface area is 172 Å². The summed E-state index contributed by atoms with van der Waals surface area (Å²) < 4.78 is 1.03. The highest BCUT2D eigenvalue weighted by atomic mass is 79.9. The van der Waals surface area contributed by atoms with Crippen LogP contribution in [0.5, 0.6) is 0 Å². The van der Waals surface area contributed by atoms with Crippen LogP contribution in [0.15, 0.2) is 40.9 Å². The molecule has 3 heterocycles. The maximum atomic E-state index is 4.78. The van der Waals surface area contributed by atoms with Crippen molar-refractivity contribution in [3.05, 3.63) is 40.9 Å². The molecule has 0 unspecified atom stereocenters. The Balaban J connectivity index is 1.49. The summed E-state index contributed by atoms with van der Waals surface area (Å²) in [5.74, 6) is 0.790. The van der Waals surface area contributed by atoms with E-state index in [-0.39, 0.29) is 0 Å². The van der Waals surface area contributed by atoms with E-state index in [0.717, 1.165) is 51.0 Å². The van der Waals surface area contributed by atoms with Gasteiger partial charge in [0, 0.05) is 28.6 Å². The third-order valence-corrected chi connectivity index (χ3v) is 6.35. The number of nitrogens with zero attached hydrogens (tertiary/aromatic N) is 4. The topological polar surface area (TPSA) is 63.8 Å². The lowest BCUT2D eigenvalue weighted by Crippen LogP contribution is -2.41. The van der Waals surface area contributed by atoms with Crippen LogP contribution in [0.2, 0.25) is 0 Å². The molecule has 7 heteroatoms. The first-order valence-corrected chi connectivity index (χ1v) is 10.4. The second-order valence-corrected chi connectivity index (χ2v) is 8.61. The summed E-state index contributed by atoms with van der Waals surface area (Å²) >= 11 is 3.54. The molecule has 5 rings (SSSR count). The molecule has 144 valence electrons. The van der Waals surface area contributed by atoms with Crippen molar-refractivity contribution in [3.8, 4) is 11.5 Å². The zero-order valence-electron chi connectivity index (χ0n) is 16.0. The lowest BCUT2D eigenvalue weighted by Gasteiger charge is -2.36. The lowest BCUT2D eigenvalue weighted by atomic mass is 10.0. The van der Waals surface area contributed by atoms with Crippen molar-refractivity contribution in [1.29, 1.82) is 0 Å². The molecular formula is C21H23BrN6. The van der Waals surface area contributed by atoms with Gasteiger partial charge in [-0.25, -0.2) is 4.98 Å². The van der Waals surface area contributed by atoms with Gasteiger partial charge in [-0.2, -0.15) is 5.10 Å². The maximum Gasteiger partial charge on any atom is 0.159 e. The number of anilines is 1. The first kappa shape index (κ1) is 17.7. The van der Waals surface area contributed by atoms with E-state index in [1.54, 1.807) is 0 Å². The molecular weight excluding hydrogens is 416 g/mol. The number of piperidine rings is 1. The number of halogens is 1. The summed E-state index contributed by atoms with van der Waals surface area (Å²) in [6, 6.07) is 13.2. The molecule has 0 atom stereocenters. The highest BCUT2D eigenvalue weighted by Crippen LogP contribution is 2.30. The van der Waals surface area contributed by atoms with Crippen molar-refractivity contribution >= 4 is 43.6 Å². The Morgan fingerprint density at radius 1 is 1.11 bits per heavy atom. The first-order chi connectivity index (χ1) is 13.6. The lowest BCUT2D eigenvalue weighted by molar-refractivity contribution is 0.253. The molecule has 4 aromatic rings.